The average molecular weight is 279 g/mol. The molecule has 0 fully saturated rings. The lowest BCUT2D eigenvalue weighted by Gasteiger charge is -2.18. The largest absolute Gasteiger partial charge is 0.313 e. The number of pyridine rings is 1. The number of nitrogens with one attached hydrogen (secondary N) is 1. The molecule has 0 amide bonds. The first-order valence-corrected chi connectivity index (χ1v) is 6.52. The van der Waals surface area contributed by atoms with Crippen LogP contribution in [0.1, 0.15) is 22.9 Å². The maximum absolute atomic E-state index is 13.1. The van der Waals surface area contributed by atoms with Crippen LogP contribution in [-0.4, -0.2) is 12.0 Å². The molecule has 0 saturated heterocycles. The van der Waals surface area contributed by atoms with Crippen molar-refractivity contribution in [3.63, 3.8) is 0 Å². The second kappa shape index (κ2) is 6.13. The highest BCUT2D eigenvalue weighted by atomic mass is 35.5. The third-order valence-corrected chi connectivity index (χ3v) is 3.53. The summed E-state index contributed by atoms with van der Waals surface area (Å²) in [6, 6.07) is 8.45. The highest BCUT2D eigenvalue weighted by Crippen LogP contribution is 2.26. The quantitative estimate of drug-likeness (QED) is 0.923. The zero-order valence-electron chi connectivity index (χ0n) is 11.0. The van der Waals surface area contributed by atoms with Gasteiger partial charge in [0, 0.05) is 29.4 Å². The number of benzene rings is 1. The van der Waals surface area contributed by atoms with Crippen molar-refractivity contribution in [2.75, 3.05) is 7.05 Å². The Balaban J connectivity index is 2.28. The lowest BCUT2D eigenvalue weighted by molar-refractivity contribution is 0.578. The van der Waals surface area contributed by atoms with Crippen LogP contribution in [-0.2, 0) is 6.42 Å². The van der Waals surface area contributed by atoms with Gasteiger partial charge >= 0.3 is 0 Å². The summed E-state index contributed by atoms with van der Waals surface area (Å²) < 4.78 is 13.1. The van der Waals surface area contributed by atoms with Gasteiger partial charge in [0.05, 0.1) is 0 Å². The van der Waals surface area contributed by atoms with Crippen molar-refractivity contribution in [1.29, 1.82) is 0 Å². The average Bonchev–Trinajstić information content (AvgIpc) is 2.39. The first-order valence-electron chi connectivity index (χ1n) is 6.14. The van der Waals surface area contributed by atoms with Gasteiger partial charge in [-0.2, -0.15) is 0 Å². The molecule has 1 atom stereocenters. The monoisotopic (exact) mass is 278 g/mol. The molecule has 2 nitrogen and oxygen atoms in total. The van der Waals surface area contributed by atoms with E-state index in [9.17, 15) is 4.39 Å². The zero-order chi connectivity index (χ0) is 13.8. The standard InChI is InChI=1S/C15H16ClFN2/c1-10-4-3-7-19-14(10)9-15(18-2)12-6-5-11(17)8-13(12)16/h3-8,15,18H,9H2,1-2H3. The molecular formula is C15H16ClFN2. The van der Waals surface area contributed by atoms with E-state index in [1.54, 1.807) is 12.3 Å². The van der Waals surface area contributed by atoms with E-state index in [1.807, 2.05) is 26.1 Å². The molecule has 0 aliphatic heterocycles. The number of aryl methyl sites for hydroxylation is 1. The van der Waals surface area contributed by atoms with E-state index in [0.717, 1.165) is 16.8 Å². The zero-order valence-corrected chi connectivity index (χ0v) is 11.7. The Morgan fingerprint density at radius 1 is 1.37 bits per heavy atom. The maximum Gasteiger partial charge on any atom is 0.124 e. The SMILES string of the molecule is CNC(Cc1ncccc1C)c1ccc(F)cc1Cl. The van der Waals surface area contributed by atoms with Gasteiger partial charge in [-0.05, 0) is 43.3 Å². The highest BCUT2D eigenvalue weighted by molar-refractivity contribution is 6.31. The highest BCUT2D eigenvalue weighted by Gasteiger charge is 2.15. The van der Waals surface area contributed by atoms with Crippen LogP contribution >= 0.6 is 11.6 Å². The fourth-order valence-corrected chi connectivity index (χ4v) is 2.38. The Morgan fingerprint density at radius 3 is 2.79 bits per heavy atom. The summed E-state index contributed by atoms with van der Waals surface area (Å²) >= 11 is 6.11. The summed E-state index contributed by atoms with van der Waals surface area (Å²) in [5, 5.41) is 3.65. The number of aromatic nitrogens is 1. The Morgan fingerprint density at radius 2 is 2.16 bits per heavy atom. The Bertz CT molecular complexity index is 572. The van der Waals surface area contributed by atoms with Crippen LogP contribution < -0.4 is 5.32 Å². The summed E-state index contributed by atoms with van der Waals surface area (Å²) in [5.74, 6) is -0.322. The van der Waals surface area contributed by atoms with Crippen LogP contribution in [0.3, 0.4) is 0 Å². The molecule has 0 saturated carbocycles. The molecule has 1 aromatic heterocycles. The smallest absolute Gasteiger partial charge is 0.124 e. The van der Waals surface area contributed by atoms with E-state index in [2.05, 4.69) is 10.3 Å². The Hall–Kier alpha value is -1.45. The summed E-state index contributed by atoms with van der Waals surface area (Å²) in [4.78, 5) is 4.38. The fourth-order valence-electron chi connectivity index (χ4n) is 2.08. The van der Waals surface area contributed by atoms with E-state index in [4.69, 9.17) is 11.6 Å². The van der Waals surface area contributed by atoms with E-state index in [-0.39, 0.29) is 11.9 Å². The number of halogens is 2. The predicted molar refractivity (Wildman–Crippen MR) is 75.9 cm³/mol. The number of hydrogen-bond donors (Lipinski definition) is 1. The van der Waals surface area contributed by atoms with Crippen LogP contribution in [0.15, 0.2) is 36.5 Å². The van der Waals surface area contributed by atoms with Crippen molar-refractivity contribution >= 4 is 11.6 Å². The number of nitrogens with zero attached hydrogens (tertiary/aromatic N) is 1. The summed E-state index contributed by atoms with van der Waals surface area (Å²) in [7, 11) is 1.86. The fraction of sp³-hybridized carbons (Fsp3) is 0.267. The molecular weight excluding hydrogens is 263 g/mol. The molecule has 19 heavy (non-hydrogen) atoms. The van der Waals surface area contributed by atoms with Crippen LogP contribution in [0.5, 0.6) is 0 Å². The van der Waals surface area contributed by atoms with Gasteiger partial charge in [-0.15, -0.1) is 0 Å². The first-order chi connectivity index (χ1) is 9.11. The van der Waals surface area contributed by atoms with Gasteiger partial charge in [-0.3, -0.25) is 4.98 Å². The van der Waals surface area contributed by atoms with Crippen molar-refractivity contribution in [2.45, 2.75) is 19.4 Å². The van der Waals surface area contributed by atoms with Crippen LogP contribution in [0.4, 0.5) is 4.39 Å². The summed E-state index contributed by atoms with van der Waals surface area (Å²) in [6.07, 6.45) is 2.50. The minimum absolute atomic E-state index is 0.0155. The minimum atomic E-state index is -0.322. The minimum Gasteiger partial charge on any atom is -0.313 e. The third-order valence-electron chi connectivity index (χ3n) is 3.20. The number of rotatable bonds is 4. The lowest BCUT2D eigenvalue weighted by atomic mass is 9.99. The molecule has 1 heterocycles. The van der Waals surface area contributed by atoms with Gasteiger partial charge in [-0.25, -0.2) is 4.39 Å². The normalized spacial score (nSPS) is 12.4. The van der Waals surface area contributed by atoms with Gasteiger partial charge in [0.15, 0.2) is 0 Å². The van der Waals surface area contributed by atoms with E-state index >= 15 is 0 Å². The first kappa shape index (κ1) is 14.0. The molecule has 1 unspecified atom stereocenters. The van der Waals surface area contributed by atoms with Gasteiger partial charge in [0.25, 0.3) is 0 Å². The van der Waals surface area contributed by atoms with Gasteiger partial charge < -0.3 is 5.32 Å². The molecule has 0 aliphatic rings. The second-order valence-corrected chi connectivity index (χ2v) is 4.89. The molecule has 1 aromatic carbocycles. The number of hydrogen-bond acceptors (Lipinski definition) is 2. The number of likely N-dealkylation sites (N-methyl/N-ethyl adjacent to an activating group) is 1. The molecule has 0 radical (unpaired) electrons. The lowest BCUT2D eigenvalue weighted by Crippen LogP contribution is -2.20. The van der Waals surface area contributed by atoms with Gasteiger partial charge in [-0.1, -0.05) is 23.7 Å². The Kier molecular flexibility index (Phi) is 4.51. The summed E-state index contributed by atoms with van der Waals surface area (Å²) in [6.45, 7) is 2.03. The molecule has 2 rings (SSSR count). The van der Waals surface area contributed by atoms with Crippen molar-refractivity contribution in [1.82, 2.24) is 10.3 Å². The van der Waals surface area contributed by atoms with Crippen LogP contribution in [0.25, 0.3) is 0 Å². The van der Waals surface area contributed by atoms with E-state index in [0.29, 0.717) is 11.4 Å². The van der Waals surface area contributed by atoms with Crippen molar-refractivity contribution in [3.05, 3.63) is 64.2 Å². The van der Waals surface area contributed by atoms with Crippen molar-refractivity contribution in [3.8, 4) is 0 Å². The molecule has 0 aliphatic carbocycles. The summed E-state index contributed by atoms with van der Waals surface area (Å²) in [5.41, 5.74) is 3.04. The topological polar surface area (TPSA) is 24.9 Å². The van der Waals surface area contributed by atoms with Crippen LogP contribution in [0.2, 0.25) is 5.02 Å². The molecule has 0 spiro atoms. The van der Waals surface area contributed by atoms with E-state index in [1.165, 1.54) is 12.1 Å². The van der Waals surface area contributed by atoms with E-state index < -0.39 is 0 Å². The molecule has 0 bridgehead atoms. The molecule has 1 N–H and O–H groups in total. The molecule has 4 heteroatoms. The van der Waals surface area contributed by atoms with Gasteiger partial charge in [0.1, 0.15) is 5.82 Å². The van der Waals surface area contributed by atoms with Gasteiger partial charge in [0.2, 0.25) is 0 Å². The predicted octanol–water partition coefficient (Wildman–Crippen LogP) is 3.69. The van der Waals surface area contributed by atoms with Crippen molar-refractivity contribution in [2.24, 2.45) is 0 Å². The maximum atomic E-state index is 13.1. The van der Waals surface area contributed by atoms with Crippen LogP contribution in [0, 0.1) is 12.7 Å². The molecule has 100 valence electrons. The Labute approximate surface area is 117 Å². The second-order valence-electron chi connectivity index (χ2n) is 4.48. The third kappa shape index (κ3) is 3.31. The van der Waals surface area contributed by atoms with Crippen molar-refractivity contribution < 1.29 is 4.39 Å². The molecule has 2 aromatic rings.